The molecule has 0 aliphatic carbocycles. The van der Waals surface area contributed by atoms with Crippen molar-refractivity contribution < 1.29 is 9.53 Å². The summed E-state index contributed by atoms with van der Waals surface area (Å²) in [6.45, 7) is 2.85. The number of aryl methyl sites for hydroxylation is 1. The van der Waals surface area contributed by atoms with Gasteiger partial charge in [0, 0.05) is 33.3 Å². The van der Waals surface area contributed by atoms with Crippen LogP contribution in [-0.2, 0) is 23.0 Å². The van der Waals surface area contributed by atoms with Gasteiger partial charge in [-0.2, -0.15) is 5.10 Å². The van der Waals surface area contributed by atoms with Gasteiger partial charge in [-0.15, -0.1) is 0 Å². The third-order valence-corrected chi connectivity index (χ3v) is 3.90. The van der Waals surface area contributed by atoms with E-state index in [-0.39, 0.29) is 11.3 Å². The number of nitrogens with one attached hydrogen (secondary N) is 2. The lowest BCUT2D eigenvalue weighted by atomic mass is 9.78. The molecule has 20 heavy (non-hydrogen) atoms. The van der Waals surface area contributed by atoms with Crippen molar-refractivity contribution in [3.8, 4) is 0 Å². The molecule has 1 aliphatic rings. The zero-order valence-electron chi connectivity index (χ0n) is 12.3. The van der Waals surface area contributed by atoms with Crippen molar-refractivity contribution in [3.05, 3.63) is 18.0 Å². The number of ether oxygens (including phenoxy) is 1. The van der Waals surface area contributed by atoms with Crippen LogP contribution >= 0.6 is 0 Å². The molecule has 1 amide bonds. The summed E-state index contributed by atoms with van der Waals surface area (Å²) >= 11 is 0. The number of carbonyl (C=O) groups is 1. The maximum Gasteiger partial charge on any atom is 0.228 e. The molecular weight excluding hydrogens is 256 g/mol. The van der Waals surface area contributed by atoms with Gasteiger partial charge in [0.05, 0.1) is 17.7 Å². The van der Waals surface area contributed by atoms with E-state index in [0.29, 0.717) is 13.2 Å². The van der Waals surface area contributed by atoms with Crippen LogP contribution in [0.3, 0.4) is 0 Å². The van der Waals surface area contributed by atoms with E-state index in [1.54, 1.807) is 11.8 Å². The summed E-state index contributed by atoms with van der Waals surface area (Å²) in [6.07, 6.45) is 4.33. The van der Waals surface area contributed by atoms with E-state index < -0.39 is 0 Å². The zero-order chi connectivity index (χ0) is 14.4. The monoisotopic (exact) mass is 280 g/mol. The first-order chi connectivity index (χ1) is 9.66. The smallest absolute Gasteiger partial charge is 0.228 e. The van der Waals surface area contributed by atoms with Crippen molar-refractivity contribution in [2.24, 2.45) is 12.5 Å². The molecule has 1 fully saturated rings. The molecule has 0 aromatic carbocycles. The van der Waals surface area contributed by atoms with Gasteiger partial charge in [0.15, 0.2) is 0 Å². The Morgan fingerprint density at radius 2 is 2.30 bits per heavy atom. The maximum absolute atomic E-state index is 12.5. The fourth-order valence-corrected chi connectivity index (χ4v) is 2.71. The SMILES string of the molecule is COCC1(C(=O)NCCc2ccn(C)n2)CCNCC1. The Morgan fingerprint density at radius 3 is 2.90 bits per heavy atom. The van der Waals surface area contributed by atoms with Crippen LogP contribution < -0.4 is 10.6 Å². The van der Waals surface area contributed by atoms with Crippen molar-refractivity contribution in [3.63, 3.8) is 0 Å². The van der Waals surface area contributed by atoms with E-state index in [1.807, 2.05) is 19.3 Å². The molecule has 6 nitrogen and oxygen atoms in total. The quantitative estimate of drug-likeness (QED) is 0.775. The molecule has 1 saturated heterocycles. The Labute approximate surface area is 119 Å². The van der Waals surface area contributed by atoms with Gasteiger partial charge in [0.2, 0.25) is 5.91 Å². The summed E-state index contributed by atoms with van der Waals surface area (Å²) in [4.78, 5) is 12.5. The van der Waals surface area contributed by atoms with Gasteiger partial charge in [0.25, 0.3) is 0 Å². The second-order valence-electron chi connectivity index (χ2n) is 5.45. The third-order valence-electron chi connectivity index (χ3n) is 3.90. The molecule has 0 radical (unpaired) electrons. The largest absolute Gasteiger partial charge is 0.384 e. The topological polar surface area (TPSA) is 68.2 Å². The highest BCUT2D eigenvalue weighted by Gasteiger charge is 2.39. The van der Waals surface area contributed by atoms with Crippen LogP contribution in [0.5, 0.6) is 0 Å². The standard InChI is InChI=1S/C14H24N4O2/c1-18-10-4-12(17-18)3-7-16-13(19)14(11-20-2)5-8-15-9-6-14/h4,10,15H,3,5-9,11H2,1-2H3,(H,16,19). The second-order valence-corrected chi connectivity index (χ2v) is 5.45. The lowest BCUT2D eigenvalue weighted by molar-refractivity contribution is -0.136. The molecule has 112 valence electrons. The van der Waals surface area contributed by atoms with Crippen LogP contribution in [-0.4, -0.2) is 49.0 Å². The first-order valence-electron chi connectivity index (χ1n) is 7.13. The van der Waals surface area contributed by atoms with Crippen molar-refractivity contribution in [1.29, 1.82) is 0 Å². The summed E-state index contributed by atoms with van der Waals surface area (Å²) in [5.41, 5.74) is 0.628. The maximum atomic E-state index is 12.5. The van der Waals surface area contributed by atoms with E-state index in [0.717, 1.165) is 38.0 Å². The lowest BCUT2D eigenvalue weighted by Gasteiger charge is -2.35. The molecule has 2 N–H and O–H groups in total. The van der Waals surface area contributed by atoms with Crippen LogP contribution in [0.4, 0.5) is 0 Å². The third kappa shape index (κ3) is 3.58. The van der Waals surface area contributed by atoms with Crippen LogP contribution in [0.1, 0.15) is 18.5 Å². The van der Waals surface area contributed by atoms with E-state index in [2.05, 4.69) is 15.7 Å². The molecule has 0 saturated carbocycles. The average molecular weight is 280 g/mol. The van der Waals surface area contributed by atoms with Gasteiger partial charge in [-0.05, 0) is 32.0 Å². The molecule has 1 aromatic rings. The number of hydrogen-bond acceptors (Lipinski definition) is 4. The minimum Gasteiger partial charge on any atom is -0.384 e. The highest BCUT2D eigenvalue weighted by molar-refractivity contribution is 5.83. The predicted octanol–water partition coefficient (Wildman–Crippen LogP) is 0.0950. The summed E-state index contributed by atoms with van der Waals surface area (Å²) in [6, 6.07) is 1.97. The van der Waals surface area contributed by atoms with E-state index in [4.69, 9.17) is 4.74 Å². The highest BCUT2D eigenvalue weighted by Crippen LogP contribution is 2.29. The Balaban J connectivity index is 1.85. The minimum absolute atomic E-state index is 0.108. The fourth-order valence-electron chi connectivity index (χ4n) is 2.71. The van der Waals surface area contributed by atoms with Crippen molar-refractivity contribution >= 4 is 5.91 Å². The van der Waals surface area contributed by atoms with Crippen molar-refractivity contribution in [1.82, 2.24) is 20.4 Å². The predicted molar refractivity (Wildman–Crippen MR) is 76.3 cm³/mol. The Kier molecular flexibility index (Phi) is 5.14. The highest BCUT2D eigenvalue weighted by atomic mass is 16.5. The van der Waals surface area contributed by atoms with E-state index >= 15 is 0 Å². The minimum atomic E-state index is -0.371. The van der Waals surface area contributed by atoms with Crippen molar-refractivity contribution in [2.45, 2.75) is 19.3 Å². The number of hydrogen-bond donors (Lipinski definition) is 2. The first-order valence-corrected chi connectivity index (χ1v) is 7.13. The number of aromatic nitrogens is 2. The molecule has 0 spiro atoms. The molecule has 2 rings (SSSR count). The molecule has 0 bridgehead atoms. The van der Waals surface area contributed by atoms with E-state index in [9.17, 15) is 4.79 Å². The summed E-state index contributed by atoms with van der Waals surface area (Å²) in [5, 5.41) is 10.6. The average Bonchev–Trinajstić information content (AvgIpc) is 2.86. The van der Waals surface area contributed by atoms with Gasteiger partial charge in [0.1, 0.15) is 0 Å². The number of carbonyl (C=O) groups excluding carboxylic acids is 1. The Bertz CT molecular complexity index is 433. The number of methoxy groups -OCH3 is 1. The van der Waals surface area contributed by atoms with Gasteiger partial charge in [-0.25, -0.2) is 0 Å². The van der Waals surface area contributed by atoms with Crippen LogP contribution in [0, 0.1) is 5.41 Å². The Hall–Kier alpha value is -1.40. The second kappa shape index (κ2) is 6.85. The summed E-state index contributed by atoms with van der Waals surface area (Å²) in [7, 11) is 3.55. The Morgan fingerprint density at radius 1 is 1.55 bits per heavy atom. The van der Waals surface area contributed by atoms with Crippen LogP contribution in [0.2, 0.25) is 0 Å². The van der Waals surface area contributed by atoms with Crippen LogP contribution in [0.15, 0.2) is 12.3 Å². The normalized spacial score (nSPS) is 17.9. The van der Waals surface area contributed by atoms with Crippen molar-refractivity contribution in [2.75, 3.05) is 33.4 Å². The number of piperidine rings is 1. The molecule has 0 unspecified atom stereocenters. The summed E-state index contributed by atoms with van der Waals surface area (Å²) < 4.78 is 7.04. The van der Waals surface area contributed by atoms with Gasteiger partial charge in [-0.1, -0.05) is 0 Å². The van der Waals surface area contributed by atoms with Gasteiger partial charge in [-0.3, -0.25) is 9.48 Å². The number of nitrogens with zero attached hydrogens (tertiary/aromatic N) is 2. The molecule has 6 heteroatoms. The number of rotatable bonds is 6. The summed E-state index contributed by atoms with van der Waals surface area (Å²) in [5.74, 6) is 0.108. The van der Waals surface area contributed by atoms with E-state index in [1.165, 1.54) is 0 Å². The van der Waals surface area contributed by atoms with Gasteiger partial charge < -0.3 is 15.4 Å². The molecule has 2 heterocycles. The van der Waals surface area contributed by atoms with Crippen LogP contribution in [0.25, 0.3) is 0 Å². The molecular formula is C14H24N4O2. The first kappa shape index (κ1) is 15.0. The zero-order valence-corrected chi connectivity index (χ0v) is 12.3. The molecule has 1 aromatic heterocycles. The number of amides is 1. The fraction of sp³-hybridized carbons (Fsp3) is 0.714. The molecule has 1 aliphatic heterocycles. The lowest BCUT2D eigenvalue weighted by Crippen LogP contribution is -2.50. The van der Waals surface area contributed by atoms with Gasteiger partial charge >= 0.3 is 0 Å². The molecule has 0 atom stereocenters.